The van der Waals surface area contributed by atoms with Gasteiger partial charge in [-0.3, -0.25) is 0 Å². The quantitative estimate of drug-likeness (QED) is 0.813. The number of hydrogen-bond donors (Lipinski definition) is 1. The van der Waals surface area contributed by atoms with Crippen LogP contribution >= 0.6 is 0 Å². The number of rotatable bonds is 4. The summed E-state index contributed by atoms with van der Waals surface area (Å²) in [4.78, 5) is 0. The molecule has 2 nitrogen and oxygen atoms in total. The first-order chi connectivity index (χ1) is 6.63. The van der Waals surface area contributed by atoms with Gasteiger partial charge in [0.25, 0.3) is 0 Å². The van der Waals surface area contributed by atoms with Crippen LogP contribution in [0.15, 0.2) is 18.2 Å². The van der Waals surface area contributed by atoms with Gasteiger partial charge in [-0.2, -0.15) is 8.78 Å². The summed E-state index contributed by atoms with van der Waals surface area (Å²) >= 11 is 0. The molecule has 0 heterocycles. The Morgan fingerprint density at radius 2 is 2.14 bits per heavy atom. The molecule has 0 atom stereocenters. The average Bonchev–Trinajstić information content (AvgIpc) is 2.10. The van der Waals surface area contributed by atoms with Crippen LogP contribution in [-0.4, -0.2) is 13.7 Å². The molecule has 14 heavy (non-hydrogen) atoms. The molecule has 0 aliphatic carbocycles. The Morgan fingerprint density at radius 3 is 2.64 bits per heavy atom. The minimum atomic E-state index is -3.00. The third-order valence-corrected chi connectivity index (χ3v) is 1.59. The van der Waals surface area contributed by atoms with Crippen molar-refractivity contribution in [1.82, 2.24) is 5.32 Å². The molecule has 0 fully saturated rings. The lowest BCUT2D eigenvalue weighted by Crippen LogP contribution is -2.07. The maximum Gasteiger partial charge on any atom is 0.387 e. The summed E-state index contributed by atoms with van der Waals surface area (Å²) in [5.41, 5.74) is 0.673. The standard InChI is InChI=1S/C9H10F3NO/c1-13-5-6-2-3-8(7(10)4-6)14-9(11)12/h2-4,9,13H,5H2,1H3. The van der Waals surface area contributed by atoms with Crippen molar-refractivity contribution in [3.8, 4) is 5.75 Å². The molecule has 0 saturated heterocycles. The highest BCUT2D eigenvalue weighted by molar-refractivity contribution is 5.29. The molecule has 1 N–H and O–H groups in total. The molecule has 0 aliphatic rings. The number of alkyl halides is 2. The van der Waals surface area contributed by atoms with E-state index in [1.54, 1.807) is 7.05 Å². The smallest absolute Gasteiger partial charge is 0.387 e. The summed E-state index contributed by atoms with van der Waals surface area (Å²) in [5.74, 6) is -1.21. The van der Waals surface area contributed by atoms with Gasteiger partial charge in [0.1, 0.15) is 0 Å². The van der Waals surface area contributed by atoms with Gasteiger partial charge in [-0.25, -0.2) is 4.39 Å². The van der Waals surface area contributed by atoms with E-state index < -0.39 is 18.2 Å². The minimum absolute atomic E-state index is 0.431. The van der Waals surface area contributed by atoms with Gasteiger partial charge >= 0.3 is 6.61 Å². The molecule has 1 aromatic carbocycles. The monoisotopic (exact) mass is 205 g/mol. The van der Waals surface area contributed by atoms with Gasteiger partial charge < -0.3 is 10.1 Å². The van der Waals surface area contributed by atoms with Crippen LogP contribution in [0.5, 0.6) is 5.75 Å². The highest BCUT2D eigenvalue weighted by atomic mass is 19.3. The second-order valence-electron chi connectivity index (χ2n) is 2.67. The van der Waals surface area contributed by atoms with Crippen LogP contribution in [-0.2, 0) is 6.54 Å². The molecule has 0 unspecified atom stereocenters. The van der Waals surface area contributed by atoms with E-state index in [0.29, 0.717) is 12.1 Å². The van der Waals surface area contributed by atoms with Gasteiger partial charge in [-0.15, -0.1) is 0 Å². The maximum atomic E-state index is 13.0. The van der Waals surface area contributed by atoms with Crippen LogP contribution in [0, 0.1) is 5.82 Å². The van der Waals surface area contributed by atoms with Crippen molar-refractivity contribution in [2.75, 3.05) is 7.05 Å². The molecule has 1 rings (SSSR count). The van der Waals surface area contributed by atoms with Crippen molar-refractivity contribution in [2.24, 2.45) is 0 Å². The molecular weight excluding hydrogens is 195 g/mol. The van der Waals surface area contributed by atoms with Gasteiger partial charge in [0.15, 0.2) is 11.6 Å². The summed E-state index contributed by atoms with van der Waals surface area (Å²) in [6, 6.07) is 3.87. The van der Waals surface area contributed by atoms with Crippen molar-refractivity contribution >= 4 is 0 Å². The first kappa shape index (κ1) is 10.8. The Kier molecular flexibility index (Phi) is 3.76. The van der Waals surface area contributed by atoms with Crippen LogP contribution in [0.2, 0.25) is 0 Å². The number of nitrogens with one attached hydrogen (secondary N) is 1. The number of halogens is 3. The number of benzene rings is 1. The largest absolute Gasteiger partial charge is 0.432 e. The molecule has 0 bridgehead atoms. The molecule has 0 radical (unpaired) electrons. The predicted molar refractivity (Wildman–Crippen MR) is 45.8 cm³/mol. The molecule has 0 amide bonds. The summed E-state index contributed by atoms with van der Waals surface area (Å²) in [6.07, 6.45) is 0. The Hall–Kier alpha value is -1.23. The zero-order valence-electron chi connectivity index (χ0n) is 7.56. The van der Waals surface area contributed by atoms with Gasteiger partial charge in [0, 0.05) is 6.54 Å². The second-order valence-corrected chi connectivity index (χ2v) is 2.67. The van der Waals surface area contributed by atoms with Gasteiger partial charge in [0.05, 0.1) is 0 Å². The minimum Gasteiger partial charge on any atom is -0.432 e. The van der Waals surface area contributed by atoms with E-state index >= 15 is 0 Å². The molecule has 1 aromatic rings. The first-order valence-corrected chi connectivity index (χ1v) is 4.01. The van der Waals surface area contributed by atoms with Crippen LogP contribution in [0.25, 0.3) is 0 Å². The molecule has 78 valence electrons. The van der Waals surface area contributed by atoms with E-state index in [9.17, 15) is 13.2 Å². The van der Waals surface area contributed by atoms with Crippen molar-refractivity contribution < 1.29 is 17.9 Å². The molecule has 0 aromatic heterocycles. The van der Waals surface area contributed by atoms with Crippen molar-refractivity contribution in [1.29, 1.82) is 0 Å². The average molecular weight is 205 g/mol. The SMILES string of the molecule is CNCc1ccc(OC(F)F)c(F)c1. The van der Waals surface area contributed by atoms with Gasteiger partial charge in [-0.05, 0) is 24.7 Å². The zero-order chi connectivity index (χ0) is 10.6. The van der Waals surface area contributed by atoms with Crippen molar-refractivity contribution in [3.05, 3.63) is 29.6 Å². The zero-order valence-corrected chi connectivity index (χ0v) is 7.56. The summed E-state index contributed by atoms with van der Waals surface area (Å²) in [5, 5.41) is 2.82. The lowest BCUT2D eigenvalue weighted by Gasteiger charge is -2.06. The van der Waals surface area contributed by atoms with E-state index in [0.717, 1.165) is 6.07 Å². The van der Waals surface area contributed by atoms with E-state index in [1.807, 2.05) is 0 Å². The van der Waals surface area contributed by atoms with E-state index in [4.69, 9.17) is 0 Å². The summed E-state index contributed by atoms with van der Waals surface area (Å²) in [6.45, 7) is -2.52. The fourth-order valence-electron chi connectivity index (χ4n) is 1.05. The Bertz CT molecular complexity index is 304. The van der Waals surface area contributed by atoms with Crippen molar-refractivity contribution in [3.63, 3.8) is 0 Å². The number of ether oxygens (including phenoxy) is 1. The van der Waals surface area contributed by atoms with Crippen molar-refractivity contribution in [2.45, 2.75) is 13.2 Å². The molecule has 5 heteroatoms. The summed E-state index contributed by atoms with van der Waals surface area (Å²) < 4.78 is 40.5. The lowest BCUT2D eigenvalue weighted by atomic mass is 10.2. The van der Waals surface area contributed by atoms with Crippen LogP contribution in [0.1, 0.15) is 5.56 Å². The Labute approximate surface area is 79.7 Å². The van der Waals surface area contributed by atoms with Crippen LogP contribution in [0.4, 0.5) is 13.2 Å². The normalized spacial score (nSPS) is 10.6. The maximum absolute atomic E-state index is 13.0. The lowest BCUT2D eigenvalue weighted by molar-refractivity contribution is -0.0522. The number of hydrogen-bond acceptors (Lipinski definition) is 2. The first-order valence-electron chi connectivity index (χ1n) is 4.01. The van der Waals surface area contributed by atoms with Gasteiger partial charge in [0.2, 0.25) is 0 Å². The van der Waals surface area contributed by atoms with E-state index in [2.05, 4.69) is 10.1 Å². The van der Waals surface area contributed by atoms with E-state index in [-0.39, 0.29) is 0 Å². The molecular formula is C9H10F3NO. The Balaban J connectivity index is 2.79. The third-order valence-electron chi connectivity index (χ3n) is 1.59. The fraction of sp³-hybridized carbons (Fsp3) is 0.333. The molecule has 0 aliphatic heterocycles. The van der Waals surface area contributed by atoms with E-state index in [1.165, 1.54) is 12.1 Å². The van der Waals surface area contributed by atoms with Crippen LogP contribution in [0.3, 0.4) is 0 Å². The Morgan fingerprint density at radius 1 is 1.43 bits per heavy atom. The summed E-state index contributed by atoms with van der Waals surface area (Å²) in [7, 11) is 1.71. The van der Waals surface area contributed by atoms with Gasteiger partial charge in [-0.1, -0.05) is 6.07 Å². The highest BCUT2D eigenvalue weighted by Gasteiger charge is 2.09. The molecule has 0 spiro atoms. The third kappa shape index (κ3) is 2.92. The molecule has 0 saturated carbocycles. The topological polar surface area (TPSA) is 21.3 Å². The highest BCUT2D eigenvalue weighted by Crippen LogP contribution is 2.20. The predicted octanol–water partition coefficient (Wildman–Crippen LogP) is 2.15. The fourth-order valence-corrected chi connectivity index (χ4v) is 1.05. The second kappa shape index (κ2) is 4.85. The van der Waals surface area contributed by atoms with Crippen LogP contribution < -0.4 is 10.1 Å².